The minimum atomic E-state index is -0.152. The van der Waals surface area contributed by atoms with E-state index >= 15 is 0 Å². The van der Waals surface area contributed by atoms with E-state index in [9.17, 15) is 9.90 Å². The minimum absolute atomic E-state index is 0.148. The molecule has 1 aliphatic rings. The van der Waals surface area contributed by atoms with Crippen LogP contribution in [0.5, 0.6) is 5.75 Å². The average Bonchev–Trinajstić information content (AvgIpc) is 3.02. The molecule has 4 rings (SSSR count). The Morgan fingerprint density at radius 3 is 2.86 bits per heavy atom. The molecule has 0 saturated heterocycles. The highest BCUT2D eigenvalue weighted by Gasteiger charge is 2.24. The van der Waals surface area contributed by atoms with Gasteiger partial charge in [0.15, 0.2) is 0 Å². The van der Waals surface area contributed by atoms with Crippen molar-refractivity contribution < 1.29 is 9.90 Å². The van der Waals surface area contributed by atoms with Crippen molar-refractivity contribution in [1.29, 1.82) is 0 Å². The normalized spacial score (nSPS) is 15.4. The molecule has 2 aromatic carbocycles. The Balaban J connectivity index is 1.90. The van der Waals surface area contributed by atoms with Crippen molar-refractivity contribution in [2.24, 2.45) is 0 Å². The second-order valence-electron chi connectivity index (χ2n) is 5.03. The molecular formula is C17H12N2O2. The van der Waals surface area contributed by atoms with E-state index in [1.807, 2.05) is 36.5 Å². The van der Waals surface area contributed by atoms with Gasteiger partial charge in [-0.25, -0.2) is 0 Å². The molecule has 4 nitrogen and oxygen atoms in total. The summed E-state index contributed by atoms with van der Waals surface area (Å²) in [6.07, 6.45) is 3.73. The lowest BCUT2D eigenvalue weighted by molar-refractivity contribution is -0.110. The number of phenols is 1. The second-order valence-corrected chi connectivity index (χ2v) is 5.03. The van der Waals surface area contributed by atoms with Gasteiger partial charge in [-0.15, -0.1) is 0 Å². The smallest absolute Gasteiger partial charge is 0.256 e. The highest BCUT2D eigenvalue weighted by atomic mass is 16.3. The van der Waals surface area contributed by atoms with Crippen molar-refractivity contribution in [3.05, 3.63) is 59.8 Å². The monoisotopic (exact) mass is 276 g/mol. The Morgan fingerprint density at radius 1 is 1.10 bits per heavy atom. The number of benzene rings is 2. The highest BCUT2D eigenvalue weighted by Crippen LogP contribution is 2.36. The SMILES string of the molecule is O=C1Nc2ccc(O)cc2/C1=C\c1c[nH]c2ccccc12. The zero-order valence-corrected chi connectivity index (χ0v) is 11.1. The van der Waals surface area contributed by atoms with Crippen molar-refractivity contribution in [3.8, 4) is 5.75 Å². The van der Waals surface area contributed by atoms with Gasteiger partial charge in [0.05, 0.1) is 0 Å². The first-order chi connectivity index (χ1) is 10.2. The summed E-state index contributed by atoms with van der Waals surface area (Å²) in [4.78, 5) is 15.3. The second kappa shape index (κ2) is 4.24. The summed E-state index contributed by atoms with van der Waals surface area (Å²) in [5.41, 5.74) is 3.99. The van der Waals surface area contributed by atoms with Crippen LogP contribution in [0, 0.1) is 0 Å². The Bertz CT molecular complexity index is 906. The summed E-state index contributed by atoms with van der Waals surface area (Å²) in [6, 6.07) is 12.8. The number of aromatic nitrogens is 1. The van der Waals surface area contributed by atoms with Crippen LogP contribution < -0.4 is 5.32 Å². The molecular weight excluding hydrogens is 264 g/mol. The van der Waals surface area contributed by atoms with Crippen molar-refractivity contribution in [2.45, 2.75) is 0 Å². The van der Waals surface area contributed by atoms with E-state index < -0.39 is 0 Å². The van der Waals surface area contributed by atoms with E-state index in [2.05, 4.69) is 10.3 Å². The number of anilines is 1. The van der Waals surface area contributed by atoms with Crippen LogP contribution in [0.25, 0.3) is 22.6 Å². The van der Waals surface area contributed by atoms with E-state index in [-0.39, 0.29) is 11.7 Å². The van der Waals surface area contributed by atoms with Gasteiger partial charge in [0.1, 0.15) is 5.75 Å². The zero-order chi connectivity index (χ0) is 14.4. The molecule has 0 spiro atoms. The third kappa shape index (κ3) is 1.80. The number of amides is 1. The lowest BCUT2D eigenvalue weighted by atomic mass is 10.0. The molecule has 1 aromatic heterocycles. The summed E-state index contributed by atoms with van der Waals surface area (Å²) in [5, 5.41) is 13.5. The first-order valence-electron chi connectivity index (χ1n) is 6.65. The number of carbonyl (C=O) groups excluding carboxylic acids is 1. The molecule has 0 saturated carbocycles. The number of hydrogen-bond donors (Lipinski definition) is 3. The maximum Gasteiger partial charge on any atom is 0.256 e. The van der Waals surface area contributed by atoms with E-state index in [1.54, 1.807) is 18.2 Å². The molecule has 0 unspecified atom stereocenters. The van der Waals surface area contributed by atoms with E-state index in [0.717, 1.165) is 27.7 Å². The fourth-order valence-corrected chi connectivity index (χ4v) is 2.69. The molecule has 2 heterocycles. The summed E-state index contributed by atoms with van der Waals surface area (Å²) >= 11 is 0. The van der Waals surface area contributed by atoms with Crippen LogP contribution in [-0.4, -0.2) is 16.0 Å². The predicted molar refractivity (Wildman–Crippen MR) is 82.9 cm³/mol. The number of fused-ring (bicyclic) bond motifs is 2. The fourth-order valence-electron chi connectivity index (χ4n) is 2.69. The van der Waals surface area contributed by atoms with Crippen LogP contribution in [-0.2, 0) is 4.79 Å². The maximum absolute atomic E-state index is 12.1. The van der Waals surface area contributed by atoms with Gasteiger partial charge in [-0.2, -0.15) is 0 Å². The Morgan fingerprint density at radius 2 is 1.95 bits per heavy atom. The number of carbonyl (C=O) groups is 1. The topological polar surface area (TPSA) is 65.1 Å². The van der Waals surface area contributed by atoms with E-state index in [0.29, 0.717) is 5.57 Å². The fraction of sp³-hybridized carbons (Fsp3) is 0. The first kappa shape index (κ1) is 11.8. The third-order valence-electron chi connectivity index (χ3n) is 3.71. The molecule has 4 heteroatoms. The van der Waals surface area contributed by atoms with Gasteiger partial charge in [-0.3, -0.25) is 4.79 Å². The molecule has 1 aliphatic heterocycles. The molecule has 21 heavy (non-hydrogen) atoms. The van der Waals surface area contributed by atoms with Crippen LogP contribution in [0.3, 0.4) is 0 Å². The van der Waals surface area contributed by atoms with Gasteiger partial charge >= 0.3 is 0 Å². The summed E-state index contributed by atoms with van der Waals surface area (Å²) < 4.78 is 0. The van der Waals surface area contributed by atoms with Crippen LogP contribution in [0.4, 0.5) is 5.69 Å². The molecule has 0 atom stereocenters. The molecule has 0 radical (unpaired) electrons. The first-order valence-corrected chi connectivity index (χ1v) is 6.65. The molecule has 102 valence electrons. The van der Waals surface area contributed by atoms with Crippen molar-refractivity contribution in [1.82, 2.24) is 4.98 Å². The number of rotatable bonds is 1. The Hall–Kier alpha value is -3.01. The molecule has 3 aromatic rings. The summed E-state index contributed by atoms with van der Waals surface area (Å²) in [6.45, 7) is 0. The van der Waals surface area contributed by atoms with Crippen molar-refractivity contribution in [3.63, 3.8) is 0 Å². The number of nitrogens with one attached hydrogen (secondary N) is 2. The predicted octanol–water partition coefficient (Wildman–Crippen LogP) is 3.37. The molecule has 3 N–H and O–H groups in total. The van der Waals surface area contributed by atoms with Crippen LogP contribution in [0.15, 0.2) is 48.7 Å². The number of aromatic hydroxyl groups is 1. The quantitative estimate of drug-likeness (QED) is 0.471. The van der Waals surface area contributed by atoms with Crippen LogP contribution in [0.1, 0.15) is 11.1 Å². The van der Waals surface area contributed by atoms with Gasteiger partial charge in [0.25, 0.3) is 5.91 Å². The maximum atomic E-state index is 12.1. The van der Waals surface area contributed by atoms with Crippen LogP contribution in [0.2, 0.25) is 0 Å². The zero-order valence-electron chi connectivity index (χ0n) is 11.1. The molecule has 1 amide bonds. The molecule has 0 aliphatic carbocycles. The third-order valence-corrected chi connectivity index (χ3v) is 3.71. The number of phenolic OH excluding ortho intramolecular Hbond substituents is 1. The van der Waals surface area contributed by atoms with Gasteiger partial charge in [0.2, 0.25) is 0 Å². The number of aromatic amines is 1. The highest BCUT2D eigenvalue weighted by molar-refractivity contribution is 6.35. The average molecular weight is 276 g/mol. The molecule has 0 bridgehead atoms. The Labute approximate surface area is 120 Å². The van der Waals surface area contributed by atoms with Gasteiger partial charge in [0, 0.05) is 39.5 Å². The van der Waals surface area contributed by atoms with E-state index in [1.165, 1.54) is 0 Å². The van der Waals surface area contributed by atoms with Crippen molar-refractivity contribution >= 4 is 34.1 Å². The lowest BCUT2D eigenvalue weighted by Gasteiger charge is -1.99. The number of H-pyrrole nitrogens is 1. The lowest BCUT2D eigenvalue weighted by Crippen LogP contribution is -2.03. The standard InChI is InChI=1S/C17H12N2O2/c20-11-5-6-16-13(8-11)14(17(21)19-16)7-10-9-18-15-4-2-1-3-12(10)15/h1-9,18,20H,(H,19,21)/b14-7+. The van der Waals surface area contributed by atoms with Gasteiger partial charge in [-0.1, -0.05) is 18.2 Å². The van der Waals surface area contributed by atoms with E-state index in [4.69, 9.17) is 0 Å². The number of hydrogen-bond acceptors (Lipinski definition) is 2. The number of para-hydroxylation sites is 1. The van der Waals surface area contributed by atoms with Gasteiger partial charge in [-0.05, 0) is 30.3 Å². The molecule has 0 fully saturated rings. The summed E-state index contributed by atoms with van der Waals surface area (Å²) in [7, 11) is 0. The minimum Gasteiger partial charge on any atom is -0.508 e. The van der Waals surface area contributed by atoms with Crippen molar-refractivity contribution in [2.75, 3.05) is 5.32 Å². The summed E-state index contributed by atoms with van der Waals surface area (Å²) in [5.74, 6) is -0.00374. The van der Waals surface area contributed by atoms with Gasteiger partial charge < -0.3 is 15.4 Å². The Kier molecular flexibility index (Phi) is 2.38. The largest absolute Gasteiger partial charge is 0.508 e. The van der Waals surface area contributed by atoms with Crippen LogP contribution >= 0.6 is 0 Å².